The summed E-state index contributed by atoms with van der Waals surface area (Å²) in [5.41, 5.74) is 0.312. The van der Waals surface area contributed by atoms with Gasteiger partial charge in [-0.05, 0) is 81.6 Å². The summed E-state index contributed by atoms with van der Waals surface area (Å²) in [7, 11) is 0. The molecule has 2 saturated carbocycles. The molecule has 0 heterocycles. The van der Waals surface area contributed by atoms with Gasteiger partial charge in [0.05, 0.1) is 19.8 Å². The van der Waals surface area contributed by atoms with Gasteiger partial charge in [-0.2, -0.15) is 39.5 Å². The van der Waals surface area contributed by atoms with Crippen LogP contribution in [0.2, 0.25) is 0 Å². The van der Waals surface area contributed by atoms with E-state index in [9.17, 15) is 49.1 Å². The molecule has 1 aromatic rings. The molecule has 7 nitrogen and oxygen atoms in total. The van der Waals surface area contributed by atoms with Gasteiger partial charge in [-0.1, -0.05) is 39.3 Å². The summed E-state index contributed by atoms with van der Waals surface area (Å²) >= 11 is 0. The number of halogens is 9. The molecule has 53 heavy (non-hydrogen) atoms. The molecule has 3 rings (SSSR count). The lowest BCUT2D eigenvalue weighted by molar-refractivity contribution is -0.398. The Bertz CT molecular complexity index is 1340. The van der Waals surface area contributed by atoms with Gasteiger partial charge in [0.25, 0.3) is 0 Å². The Hall–Kier alpha value is -3.01. The van der Waals surface area contributed by atoms with Crippen molar-refractivity contribution in [3.05, 3.63) is 35.9 Å². The number of unbranched alkanes of at least 4 members (excludes halogenated alkanes) is 1. The van der Waals surface area contributed by atoms with Gasteiger partial charge in [-0.3, -0.25) is 4.79 Å². The summed E-state index contributed by atoms with van der Waals surface area (Å²) in [6.45, 7) is 4.92. The number of alkyl halides is 9. The first-order valence-corrected chi connectivity index (χ1v) is 18.1. The van der Waals surface area contributed by atoms with Crippen LogP contribution in [0.5, 0.6) is 5.75 Å². The van der Waals surface area contributed by atoms with E-state index < -0.39 is 54.1 Å². The van der Waals surface area contributed by atoms with Crippen LogP contribution < -0.4 is 10.1 Å². The Balaban J connectivity index is 1.36. The van der Waals surface area contributed by atoms with Crippen LogP contribution in [0.1, 0.15) is 110 Å². The maximum atomic E-state index is 14.0. The number of esters is 1. The number of rotatable bonds is 19. The lowest BCUT2D eigenvalue weighted by Crippen LogP contribution is -2.61. The van der Waals surface area contributed by atoms with Crippen molar-refractivity contribution in [1.29, 1.82) is 0 Å². The standard InChI is InChI=1S/C37H50F9NO6/c1-4-32(2,3)31(49)47-27-13-17-29(18-14-27)53-30(48)19-12-26-10-15-28(16-11-26)50-23-8-9-24-51-33(20-6-5-7-21-33)52-25-22-34(38,39)35(40,41)36(42,43)37(44,45)46/h10-12,15-16,19,27,29H,4-9,13-14,17-18,20-25H2,1-3H3,(H,47,49)/b19-12+. The van der Waals surface area contributed by atoms with Crippen molar-refractivity contribution < 1.29 is 68.1 Å². The lowest BCUT2D eigenvalue weighted by atomic mass is 9.87. The summed E-state index contributed by atoms with van der Waals surface area (Å²) in [6.07, 6.45) is 0.562. The van der Waals surface area contributed by atoms with Crippen LogP contribution in [0.4, 0.5) is 39.5 Å². The third-order valence-corrected chi connectivity index (χ3v) is 9.86. The maximum Gasteiger partial charge on any atom is 0.460 e. The molecule has 2 aliphatic rings. The number of hydrogen-bond donors (Lipinski definition) is 1. The molecule has 2 fully saturated rings. The number of hydrogen-bond acceptors (Lipinski definition) is 6. The zero-order chi connectivity index (χ0) is 39.6. The number of nitrogens with one attached hydrogen (secondary N) is 1. The van der Waals surface area contributed by atoms with Crippen LogP contribution in [0.25, 0.3) is 6.08 Å². The maximum absolute atomic E-state index is 14.0. The highest BCUT2D eigenvalue weighted by atomic mass is 19.4. The number of benzene rings is 1. The molecule has 0 spiro atoms. The zero-order valence-electron chi connectivity index (χ0n) is 30.3. The molecule has 0 unspecified atom stereocenters. The molecule has 0 radical (unpaired) electrons. The van der Waals surface area contributed by atoms with Gasteiger partial charge >= 0.3 is 29.9 Å². The SMILES string of the molecule is CCC(C)(C)C(=O)NC1CCC(OC(=O)/C=C/c2ccc(OCCCCOC3(OCCC(F)(F)C(F)(F)C(F)(F)C(F)(F)F)CCCCC3)cc2)CC1. The average molecular weight is 776 g/mol. The molecule has 0 aliphatic heterocycles. The molecule has 16 heteroatoms. The summed E-state index contributed by atoms with van der Waals surface area (Å²) in [5, 5.41) is 3.10. The van der Waals surface area contributed by atoms with Gasteiger partial charge in [0.1, 0.15) is 11.9 Å². The van der Waals surface area contributed by atoms with Crippen molar-refractivity contribution in [1.82, 2.24) is 5.32 Å². The van der Waals surface area contributed by atoms with Gasteiger partial charge in [0, 0.05) is 36.8 Å². The molecule has 0 bridgehead atoms. The third kappa shape index (κ3) is 12.2. The summed E-state index contributed by atoms with van der Waals surface area (Å²) in [6, 6.07) is 7.00. The number of carbonyl (C=O) groups is 2. The minimum absolute atomic E-state index is 0.0303. The van der Waals surface area contributed by atoms with Gasteiger partial charge in [0.15, 0.2) is 5.79 Å². The van der Waals surface area contributed by atoms with Crippen LogP contribution >= 0.6 is 0 Å². The van der Waals surface area contributed by atoms with E-state index in [2.05, 4.69) is 5.32 Å². The van der Waals surface area contributed by atoms with Crippen LogP contribution in [0.3, 0.4) is 0 Å². The van der Waals surface area contributed by atoms with Crippen molar-refractivity contribution >= 4 is 18.0 Å². The second-order valence-corrected chi connectivity index (χ2v) is 14.3. The lowest BCUT2D eigenvalue weighted by Gasteiger charge is -2.38. The van der Waals surface area contributed by atoms with Crippen LogP contribution in [0, 0.1) is 5.41 Å². The summed E-state index contributed by atoms with van der Waals surface area (Å²) in [4.78, 5) is 24.8. The normalized spacial score (nSPS) is 20.3. The number of ether oxygens (including phenoxy) is 4. The Morgan fingerprint density at radius 1 is 0.811 bits per heavy atom. The highest BCUT2D eigenvalue weighted by molar-refractivity contribution is 5.87. The second-order valence-electron chi connectivity index (χ2n) is 14.3. The van der Waals surface area contributed by atoms with Crippen molar-refractivity contribution in [2.75, 3.05) is 19.8 Å². The zero-order valence-corrected chi connectivity index (χ0v) is 30.3. The summed E-state index contributed by atoms with van der Waals surface area (Å²) < 4.78 is 141. The molecule has 1 aromatic carbocycles. The van der Waals surface area contributed by atoms with Gasteiger partial charge in [-0.25, -0.2) is 4.79 Å². The van der Waals surface area contributed by atoms with E-state index in [4.69, 9.17) is 18.9 Å². The fraction of sp³-hybridized carbons (Fsp3) is 0.730. The summed E-state index contributed by atoms with van der Waals surface area (Å²) in [5.74, 6) is -20.6. The minimum atomic E-state index is -6.94. The minimum Gasteiger partial charge on any atom is -0.494 e. The largest absolute Gasteiger partial charge is 0.494 e. The Labute approximate surface area is 304 Å². The van der Waals surface area contributed by atoms with Gasteiger partial charge in [-0.15, -0.1) is 0 Å². The van der Waals surface area contributed by atoms with Crippen LogP contribution in [-0.2, 0) is 23.8 Å². The van der Waals surface area contributed by atoms with Crippen molar-refractivity contribution in [2.45, 2.75) is 146 Å². The van der Waals surface area contributed by atoms with Gasteiger partial charge in [0.2, 0.25) is 5.91 Å². The van der Waals surface area contributed by atoms with E-state index in [0.717, 1.165) is 31.2 Å². The molecule has 1 amide bonds. The van der Waals surface area contributed by atoms with Crippen molar-refractivity contribution in [3.63, 3.8) is 0 Å². The topological polar surface area (TPSA) is 83.1 Å². The monoisotopic (exact) mass is 775 g/mol. The molecule has 0 atom stereocenters. The molecule has 2 aliphatic carbocycles. The predicted octanol–water partition coefficient (Wildman–Crippen LogP) is 9.82. The molecular formula is C37H50F9NO6. The van der Waals surface area contributed by atoms with E-state index in [1.54, 1.807) is 30.3 Å². The second kappa shape index (κ2) is 18.5. The Kier molecular flexibility index (Phi) is 15.5. The third-order valence-electron chi connectivity index (χ3n) is 9.86. The highest BCUT2D eigenvalue weighted by Crippen LogP contribution is 2.54. The fourth-order valence-electron chi connectivity index (χ4n) is 5.91. The van der Waals surface area contributed by atoms with E-state index >= 15 is 0 Å². The first-order valence-electron chi connectivity index (χ1n) is 18.1. The predicted molar refractivity (Wildman–Crippen MR) is 178 cm³/mol. The highest BCUT2D eigenvalue weighted by Gasteiger charge is 2.81. The van der Waals surface area contributed by atoms with Crippen molar-refractivity contribution in [2.24, 2.45) is 5.41 Å². The first-order chi connectivity index (χ1) is 24.6. The van der Waals surface area contributed by atoms with E-state index in [-0.39, 0.29) is 44.1 Å². The fourth-order valence-corrected chi connectivity index (χ4v) is 5.91. The molecule has 0 saturated heterocycles. The van der Waals surface area contributed by atoms with Crippen LogP contribution in [0.15, 0.2) is 30.3 Å². The Morgan fingerprint density at radius 3 is 1.98 bits per heavy atom. The average Bonchev–Trinajstić information content (AvgIpc) is 3.10. The first kappa shape index (κ1) is 44.4. The van der Waals surface area contributed by atoms with Gasteiger partial charge < -0.3 is 24.3 Å². The van der Waals surface area contributed by atoms with Crippen LogP contribution in [-0.4, -0.2) is 73.6 Å². The number of carbonyl (C=O) groups excluding carboxylic acids is 2. The molecule has 0 aromatic heterocycles. The number of amides is 1. The smallest absolute Gasteiger partial charge is 0.460 e. The quantitative estimate of drug-likeness (QED) is 0.0496. The van der Waals surface area contributed by atoms with Crippen molar-refractivity contribution in [3.8, 4) is 5.75 Å². The molecule has 302 valence electrons. The Morgan fingerprint density at radius 2 is 1.40 bits per heavy atom. The van der Waals surface area contributed by atoms with E-state index in [1.165, 1.54) is 6.08 Å². The van der Waals surface area contributed by atoms with E-state index in [0.29, 0.717) is 44.3 Å². The molecular weight excluding hydrogens is 725 g/mol. The molecule has 1 N–H and O–H groups in total. The van der Waals surface area contributed by atoms with E-state index in [1.807, 2.05) is 20.8 Å².